The minimum atomic E-state index is -1.63. The average molecular weight is 297 g/mol. The first-order valence-corrected chi connectivity index (χ1v) is 9.38. The van der Waals surface area contributed by atoms with Crippen molar-refractivity contribution in [2.45, 2.75) is 10.8 Å². The summed E-state index contributed by atoms with van der Waals surface area (Å²) in [5, 5.41) is 4.80. The number of rotatable bonds is 2. The van der Waals surface area contributed by atoms with Crippen molar-refractivity contribution in [1.82, 2.24) is 7.07 Å². The van der Waals surface area contributed by atoms with Crippen LogP contribution in [0.5, 0.6) is 0 Å². The maximum absolute atomic E-state index is 2.49. The van der Waals surface area contributed by atoms with Gasteiger partial charge in [-0.1, -0.05) is 0 Å². The third-order valence-corrected chi connectivity index (χ3v) is 7.80. The zero-order valence-electron chi connectivity index (χ0n) is 9.24. The fraction of sp³-hybridized carbons (Fsp3) is 0.333. The first-order chi connectivity index (χ1) is 7.21. The van der Waals surface area contributed by atoms with E-state index < -0.39 is 16.0 Å². The molecule has 2 nitrogen and oxygen atoms in total. The Balaban J connectivity index is 2.11. The molecule has 0 fully saturated rings. The zero-order valence-corrected chi connectivity index (χ0v) is 10.8. The fourth-order valence-electron chi connectivity index (χ4n) is 1.48. The SMILES string of the molecule is [CH3][Pd]([CH3])([N]1C=CC=CC1)[N]1C=CC=CC1. The van der Waals surface area contributed by atoms with Crippen molar-refractivity contribution in [2.24, 2.45) is 0 Å². The van der Waals surface area contributed by atoms with Crippen molar-refractivity contribution >= 4 is 0 Å². The van der Waals surface area contributed by atoms with Crippen molar-refractivity contribution < 1.29 is 16.0 Å². The van der Waals surface area contributed by atoms with Gasteiger partial charge in [-0.05, 0) is 0 Å². The van der Waals surface area contributed by atoms with Crippen LogP contribution in [0, 0.1) is 0 Å². The molecule has 0 spiro atoms. The molecule has 0 N–H and O–H groups in total. The molecule has 0 radical (unpaired) electrons. The van der Waals surface area contributed by atoms with Crippen LogP contribution in [-0.4, -0.2) is 20.2 Å². The maximum atomic E-state index is 2.49. The van der Waals surface area contributed by atoms with Crippen molar-refractivity contribution in [3.05, 3.63) is 48.9 Å². The molecule has 0 atom stereocenters. The van der Waals surface area contributed by atoms with E-state index in [0.29, 0.717) is 0 Å². The van der Waals surface area contributed by atoms with E-state index in [0.717, 1.165) is 13.1 Å². The van der Waals surface area contributed by atoms with Gasteiger partial charge in [0.15, 0.2) is 0 Å². The summed E-state index contributed by atoms with van der Waals surface area (Å²) in [5.41, 5.74) is 0. The van der Waals surface area contributed by atoms with Gasteiger partial charge in [0, 0.05) is 0 Å². The first-order valence-electron chi connectivity index (χ1n) is 4.88. The summed E-state index contributed by atoms with van der Waals surface area (Å²) in [6.45, 7) is 2.10. The van der Waals surface area contributed by atoms with Gasteiger partial charge in [-0.2, -0.15) is 0 Å². The Morgan fingerprint density at radius 2 is 1.27 bits per heavy atom. The molecule has 2 aliphatic heterocycles. The van der Waals surface area contributed by atoms with E-state index in [-0.39, 0.29) is 0 Å². The molecule has 2 aliphatic rings. The van der Waals surface area contributed by atoms with Gasteiger partial charge >= 0.3 is 95.8 Å². The van der Waals surface area contributed by atoms with Gasteiger partial charge in [-0.25, -0.2) is 0 Å². The van der Waals surface area contributed by atoms with Crippen molar-refractivity contribution in [3.8, 4) is 0 Å². The van der Waals surface area contributed by atoms with Crippen LogP contribution < -0.4 is 0 Å². The zero-order chi connectivity index (χ0) is 10.7. The molecule has 2 heterocycles. The summed E-state index contributed by atoms with van der Waals surface area (Å²) in [6.07, 6.45) is 17.4. The van der Waals surface area contributed by atoms with E-state index in [1.807, 2.05) is 0 Å². The Hall–Kier alpha value is -0.778. The van der Waals surface area contributed by atoms with E-state index in [1.165, 1.54) is 0 Å². The molecule has 0 bridgehead atoms. The van der Waals surface area contributed by atoms with Gasteiger partial charge in [0.1, 0.15) is 0 Å². The normalized spacial score (nSPS) is 21.2. The van der Waals surface area contributed by atoms with Crippen LogP contribution in [0.4, 0.5) is 0 Å². The Morgan fingerprint density at radius 3 is 1.60 bits per heavy atom. The minimum absolute atomic E-state index is 1.05. The molecule has 0 aromatic rings. The second-order valence-corrected chi connectivity index (χ2v) is 10.0. The van der Waals surface area contributed by atoms with Crippen LogP contribution in [0.2, 0.25) is 10.8 Å². The third-order valence-electron chi connectivity index (χ3n) is 2.40. The van der Waals surface area contributed by atoms with Crippen LogP contribution >= 0.6 is 0 Å². The monoisotopic (exact) mass is 296 g/mol. The van der Waals surface area contributed by atoms with Gasteiger partial charge < -0.3 is 0 Å². The molecule has 0 saturated heterocycles. The number of hydrogen-bond acceptors (Lipinski definition) is 2. The summed E-state index contributed by atoms with van der Waals surface area (Å²) < 4.78 is 4.99. The van der Waals surface area contributed by atoms with Crippen LogP contribution in [0.1, 0.15) is 0 Å². The van der Waals surface area contributed by atoms with E-state index in [2.05, 4.69) is 66.7 Å². The van der Waals surface area contributed by atoms with Crippen molar-refractivity contribution in [3.63, 3.8) is 0 Å². The van der Waals surface area contributed by atoms with E-state index in [9.17, 15) is 0 Å². The summed E-state index contributed by atoms with van der Waals surface area (Å²) in [6, 6.07) is 0. The molecule has 0 aromatic carbocycles. The second kappa shape index (κ2) is 4.39. The van der Waals surface area contributed by atoms with Gasteiger partial charge in [0.2, 0.25) is 0 Å². The standard InChI is InChI=1S/2C5H6N.2CH3.Pd/c2*1-2-4-6-5-3-1;;;/h2*1-4H,5H2;2*1H3;/q2*-1;;;+2. The molecule has 0 aromatic heterocycles. The Bertz CT molecular complexity index is 308. The quantitative estimate of drug-likeness (QED) is 0.723. The Labute approximate surface area is 95.9 Å². The van der Waals surface area contributed by atoms with E-state index in [4.69, 9.17) is 0 Å². The van der Waals surface area contributed by atoms with Crippen molar-refractivity contribution in [2.75, 3.05) is 13.1 Å². The number of hydrogen-bond donors (Lipinski definition) is 0. The molecule has 2 rings (SSSR count). The average Bonchev–Trinajstić information content (AvgIpc) is 2.31. The molecule has 3 heteroatoms. The second-order valence-electron chi connectivity index (χ2n) is 3.58. The molecule has 0 aliphatic carbocycles. The summed E-state index contributed by atoms with van der Waals surface area (Å²) in [5.74, 6) is 0. The summed E-state index contributed by atoms with van der Waals surface area (Å²) in [7, 11) is 0. The molecule has 0 amide bonds. The van der Waals surface area contributed by atoms with Crippen molar-refractivity contribution in [1.29, 1.82) is 0 Å². The van der Waals surface area contributed by atoms with Crippen LogP contribution in [-0.2, 0) is 16.0 Å². The third kappa shape index (κ3) is 2.25. The number of nitrogens with zero attached hydrogens (tertiary/aromatic N) is 2. The van der Waals surface area contributed by atoms with Gasteiger partial charge in [0.05, 0.1) is 0 Å². The molecule has 0 saturated carbocycles. The molecular formula is C12H18N2Pd. The number of allylic oxidation sites excluding steroid dienone is 4. The van der Waals surface area contributed by atoms with Crippen LogP contribution in [0.25, 0.3) is 0 Å². The molecular weight excluding hydrogens is 279 g/mol. The fourth-order valence-corrected chi connectivity index (χ4v) is 5.11. The van der Waals surface area contributed by atoms with Gasteiger partial charge in [-0.3, -0.25) is 0 Å². The van der Waals surface area contributed by atoms with Gasteiger partial charge in [0.25, 0.3) is 0 Å². The Kier molecular flexibility index (Phi) is 3.14. The summed E-state index contributed by atoms with van der Waals surface area (Å²) in [4.78, 5) is 0. The van der Waals surface area contributed by atoms with E-state index >= 15 is 0 Å². The van der Waals surface area contributed by atoms with E-state index in [1.54, 1.807) is 0 Å². The first kappa shape index (κ1) is 10.7. The summed E-state index contributed by atoms with van der Waals surface area (Å²) >= 11 is -1.63. The predicted molar refractivity (Wildman–Crippen MR) is 61.7 cm³/mol. The van der Waals surface area contributed by atoms with Crippen LogP contribution in [0.15, 0.2) is 48.9 Å². The Morgan fingerprint density at radius 1 is 0.800 bits per heavy atom. The molecule has 86 valence electrons. The topological polar surface area (TPSA) is 6.48 Å². The van der Waals surface area contributed by atoms with Gasteiger partial charge in [-0.15, -0.1) is 0 Å². The van der Waals surface area contributed by atoms with Crippen LogP contribution in [0.3, 0.4) is 0 Å². The molecule has 15 heavy (non-hydrogen) atoms. The molecule has 0 unspecified atom stereocenters. The predicted octanol–water partition coefficient (Wildman–Crippen LogP) is 2.84.